The van der Waals surface area contributed by atoms with Crippen LogP contribution in [-0.4, -0.2) is 16.3 Å². The molecule has 0 bridgehead atoms. The van der Waals surface area contributed by atoms with Gasteiger partial charge in [-0.3, -0.25) is 4.68 Å². The Morgan fingerprint density at radius 1 is 1.53 bits per heavy atom. The van der Waals surface area contributed by atoms with Crippen LogP contribution in [0, 0.1) is 0 Å². The summed E-state index contributed by atoms with van der Waals surface area (Å²) in [5.74, 6) is 0. The summed E-state index contributed by atoms with van der Waals surface area (Å²) in [5.41, 5.74) is 2.59. The van der Waals surface area contributed by atoms with E-state index in [1.807, 2.05) is 10.9 Å². The van der Waals surface area contributed by atoms with E-state index in [0.717, 1.165) is 13.1 Å². The first-order chi connectivity index (χ1) is 7.09. The quantitative estimate of drug-likeness (QED) is 0.594. The molecule has 0 saturated heterocycles. The summed E-state index contributed by atoms with van der Waals surface area (Å²) < 4.78 is 1.98. The van der Waals surface area contributed by atoms with Crippen molar-refractivity contribution in [2.45, 2.75) is 40.3 Å². The molecule has 0 unspecified atom stereocenters. The standard InChI is InChI=1S/C12H21N3/c1-10(2)5-6-13-7-12-8-14-15(9-12)11(3)4/h5,8-9,11,13H,6-7H2,1-4H3. The molecule has 15 heavy (non-hydrogen) atoms. The van der Waals surface area contributed by atoms with Gasteiger partial charge in [0.05, 0.1) is 6.20 Å². The molecule has 1 N–H and O–H groups in total. The molecular formula is C12H21N3. The first-order valence-corrected chi connectivity index (χ1v) is 5.46. The molecule has 0 amide bonds. The first-order valence-electron chi connectivity index (χ1n) is 5.46. The maximum Gasteiger partial charge on any atom is 0.0534 e. The van der Waals surface area contributed by atoms with Gasteiger partial charge in [0.1, 0.15) is 0 Å². The molecule has 0 saturated carbocycles. The lowest BCUT2D eigenvalue weighted by molar-refractivity contribution is 0.531. The predicted octanol–water partition coefficient (Wildman–Crippen LogP) is 2.52. The van der Waals surface area contributed by atoms with Crippen LogP contribution in [-0.2, 0) is 6.54 Å². The van der Waals surface area contributed by atoms with Gasteiger partial charge in [-0.2, -0.15) is 5.10 Å². The lowest BCUT2D eigenvalue weighted by Crippen LogP contribution is -2.12. The minimum atomic E-state index is 0.441. The average Bonchev–Trinajstić information content (AvgIpc) is 2.60. The number of nitrogens with zero attached hydrogens (tertiary/aromatic N) is 2. The molecule has 1 aromatic rings. The molecule has 0 aliphatic rings. The van der Waals surface area contributed by atoms with E-state index in [4.69, 9.17) is 0 Å². The Morgan fingerprint density at radius 2 is 2.27 bits per heavy atom. The number of hydrogen-bond acceptors (Lipinski definition) is 2. The highest BCUT2D eigenvalue weighted by Crippen LogP contribution is 2.04. The van der Waals surface area contributed by atoms with Crippen molar-refractivity contribution in [2.75, 3.05) is 6.54 Å². The minimum Gasteiger partial charge on any atom is -0.309 e. The highest BCUT2D eigenvalue weighted by molar-refractivity contribution is 5.04. The van der Waals surface area contributed by atoms with Gasteiger partial charge in [-0.15, -0.1) is 0 Å². The van der Waals surface area contributed by atoms with E-state index >= 15 is 0 Å². The molecule has 0 radical (unpaired) electrons. The van der Waals surface area contributed by atoms with Gasteiger partial charge in [-0.05, 0) is 27.7 Å². The Bertz CT molecular complexity index is 319. The van der Waals surface area contributed by atoms with Crippen molar-refractivity contribution in [2.24, 2.45) is 0 Å². The van der Waals surface area contributed by atoms with Gasteiger partial charge < -0.3 is 5.32 Å². The molecular weight excluding hydrogens is 186 g/mol. The Hall–Kier alpha value is -1.09. The summed E-state index contributed by atoms with van der Waals surface area (Å²) >= 11 is 0. The second kappa shape index (κ2) is 5.71. The van der Waals surface area contributed by atoms with Crippen molar-refractivity contribution < 1.29 is 0 Å². The molecule has 0 spiro atoms. The third-order valence-corrected chi connectivity index (χ3v) is 2.17. The number of aromatic nitrogens is 2. The zero-order valence-corrected chi connectivity index (χ0v) is 10.1. The Labute approximate surface area is 92.2 Å². The number of allylic oxidation sites excluding steroid dienone is 1. The van der Waals surface area contributed by atoms with Crippen LogP contribution >= 0.6 is 0 Å². The third kappa shape index (κ3) is 4.30. The monoisotopic (exact) mass is 207 g/mol. The van der Waals surface area contributed by atoms with Crippen molar-refractivity contribution in [1.29, 1.82) is 0 Å². The summed E-state index contributed by atoms with van der Waals surface area (Å²) in [6, 6.07) is 0.441. The molecule has 3 heteroatoms. The predicted molar refractivity (Wildman–Crippen MR) is 63.7 cm³/mol. The van der Waals surface area contributed by atoms with Crippen LogP contribution in [0.1, 0.15) is 39.3 Å². The highest BCUT2D eigenvalue weighted by atomic mass is 15.3. The smallest absolute Gasteiger partial charge is 0.0534 e. The fourth-order valence-electron chi connectivity index (χ4n) is 1.24. The van der Waals surface area contributed by atoms with Crippen LogP contribution in [0.15, 0.2) is 24.0 Å². The van der Waals surface area contributed by atoms with Gasteiger partial charge >= 0.3 is 0 Å². The van der Waals surface area contributed by atoms with E-state index in [1.165, 1.54) is 11.1 Å². The minimum absolute atomic E-state index is 0.441. The second-order valence-corrected chi connectivity index (χ2v) is 4.33. The first kappa shape index (κ1) is 12.0. The molecule has 0 aliphatic carbocycles. The zero-order valence-electron chi connectivity index (χ0n) is 10.1. The van der Waals surface area contributed by atoms with Crippen molar-refractivity contribution in [3.05, 3.63) is 29.6 Å². The van der Waals surface area contributed by atoms with Crippen LogP contribution in [0.4, 0.5) is 0 Å². The van der Waals surface area contributed by atoms with Crippen LogP contribution in [0.2, 0.25) is 0 Å². The average molecular weight is 207 g/mol. The third-order valence-electron chi connectivity index (χ3n) is 2.17. The molecule has 1 rings (SSSR count). The van der Waals surface area contributed by atoms with E-state index in [-0.39, 0.29) is 0 Å². The van der Waals surface area contributed by atoms with Crippen molar-refractivity contribution in [1.82, 2.24) is 15.1 Å². The summed E-state index contributed by atoms with van der Waals surface area (Å²) in [7, 11) is 0. The van der Waals surface area contributed by atoms with Crippen LogP contribution in [0.5, 0.6) is 0 Å². The van der Waals surface area contributed by atoms with Gasteiger partial charge in [-0.1, -0.05) is 11.6 Å². The van der Waals surface area contributed by atoms with Crippen molar-refractivity contribution in [3.8, 4) is 0 Å². The summed E-state index contributed by atoms with van der Waals surface area (Å²) in [6.45, 7) is 10.3. The number of rotatable bonds is 5. The fraction of sp³-hybridized carbons (Fsp3) is 0.583. The lowest BCUT2D eigenvalue weighted by atomic mass is 10.3. The van der Waals surface area contributed by atoms with Gasteiger partial charge in [0.2, 0.25) is 0 Å². The fourth-order valence-corrected chi connectivity index (χ4v) is 1.24. The maximum absolute atomic E-state index is 4.29. The van der Waals surface area contributed by atoms with E-state index < -0.39 is 0 Å². The van der Waals surface area contributed by atoms with Crippen LogP contribution in [0.3, 0.4) is 0 Å². The largest absolute Gasteiger partial charge is 0.309 e. The Morgan fingerprint density at radius 3 is 2.80 bits per heavy atom. The van der Waals surface area contributed by atoms with Crippen molar-refractivity contribution >= 4 is 0 Å². The van der Waals surface area contributed by atoms with E-state index in [2.05, 4.69) is 50.4 Å². The Balaban J connectivity index is 2.35. The van der Waals surface area contributed by atoms with E-state index in [1.54, 1.807) is 0 Å². The SMILES string of the molecule is CC(C)=CCNCc1cnn(C(C)C)c1. The van der Waals surface area contributed by atoms with Gasteiger partial charge in [0, 0.05) is 30.9 Å². The molecule has 0 fully saturated rings. The summed E-state index contributed by atoms with van der Waals surface area (Å²) in [5, 5.41) is 7.65. The van der Waals surface area contributed by atoms with Gasteiger partial charge in [-0.25, -0.2) is 0 Å². The van der Waals surface area contributed by atoms with Crippen LogP contribution in [0.25, 0.3) is 0 Å². The number of nitrogens with one attached hydrogen (secondary N) is 1. The van der Waals surface area contributed by atoms with Gasteiger partial charge in [0.15, 0.2) is 0 Å². The molecule has 1 aromatic heterocycles. The Kier molecular flexibility index (Phi) is 4.56. The van der Waals surface area contributed by atoms with E-state index in [9.17, 15) is 0 Å². The number of hydrogen-bond donors (Lipinski definition) is 1. The maximum atomic E-state index is 4.29. The molecule has 1 heterocycles. The molecule has 0 atom stereocenters. The lowest BCUT2D eigenvalue weighted by Gasteiger charge is -2.03. The summed E-state index contributed by atoms with van der Waals surface area (Å²) in [6.07, 6.45) is 6.21. The van der Waals surface area contributed by atoms with E-state index in [0.29, 0.717) is 6.04 Å². The van der Waals surface area contributed by atoms with Crippen molar-refractivity contribution in [3.63, 3.8) is 0 Å². The topological polar surface area (TPSA) is 29.9 Å². The zero-order chi connectivity index (χ0) is 11.3. The summed E-state index contributed by atoms with van der Waals surface area (Å²) in [4.78, 5) is 0. The molecule has 84 valence electrons. The highest BCUT2D eigenvalue weighted by Gasteiger charge is 2.00. The molecule has 0 aliphatic heterocycles. The normalized spacial score (nSPS) is 10.7. The molecule has 0 aromatic carbocycles. The van der Waals surface area contributed by atoms with Crippen LogP contribution < -0.4 is 5.32 Å². The molecule has 3 nitrogen and oxygen atoms in total. The van der Waals surface area contributed by atoms with Gasteiger partial charge in [0.25, 0.3) is 0 Å². The second-order valence-electron chi connectivity index (χ2n) is 4.33.